The molecular formula is C15H12ClN3O4. The Hall–Kier alpha value is -2.67. The van der Waals surface area contributed by atoms with Crippen LogP contribution >= 0.6 is 11.6 Å². The fourth-order valence-electron chi connectivity index (χ4n) is 2.27. The van der Waals surface area contributed by atoms with E-state index in [4.69, 9.17) is 16.1 Å². The molecule has 118 valence electrons. The molecule has 0 spiro atoms. The molecule has 2 heterocycles. The van der Waals surface area contributed by atoms with Crippen LogP contribution in [0.4, 0.5) is 4.79 Å². The van der Waals surface area contributed by atoms with Crippen LogP contribution in [0.5, 0.6) is 0 Å². The molecule has 2 aromatic rings. The maximum Gasteiger partial charge on any atom is 0.334 e. The molecule has 0 atom stereocenters. The molecule has 4 amide bonds. The molecule has 8 heteroatoms. The standard InChI is InChI=1S/C15H12ClN3O4/c1-2-18-13(20)14(21)19(15(18)22)8-11-7-12(17-23-11)9-3-5-10(16)6-4-9/h3-7H,2,8H2,1H3. The number of nitrogens with zero attached hydrogens (tertiary/aromatic N) is 3. The topological polar surface area (TPSA) is 83.7 Å². The summed E-state index contributed by atoms with van der Waals surface area (Å²) in [4.78, 5) is 37.2. The summed E-state index contributed by atoms with van der Waals surface area (Å²) >= 11 is 5.83. The first kappa shape index (κ1) is 15.2. The lowest BCUT2D eigenvalue weighted by molar-refractivity contribution is -0.143. The maximum absolute atomic E-state index is 12.0. The smallest absolute Gasteiger partial charge is 0.334 e. The fraction of sp³-hybridized carbons (Fsp3) is 0.200. The number of imide groups is 2. The minimum absolute atomic E-state index is 0.138. The van der Waals surface area contributed by atoms with Gasteiger partial charge in [0.1, 0.15) is 5.69 Å². The molecule has 3 rings (SSSR count). The van der Waals surface area contributed by atoms with Crippen LogP contribution in [0.2, 0.25) is 5.02 Å². The zero-order chi connectivity index (χ0) is 16.6. The van der Waals surface area contributed by atoms with E-state index in [1.54, 1.807) is 37.3 Å². The van der Waals surface area contributed by atoms with Crippen molar-refractivity contribution in [3.63, 3.8) is 0 Å². The molecule has 1 aromatic heterocycles. The van der Waals surface area contributed by atoms with Gasteiger partial charge in [0, 0.05) is 23.2 Å². The maximum atomic E-state index is 12.0. The van der Waals surface area contributed by atoms with E-state index in [0.717, 1.165) is 15.4 Å². The lowest BCUT2D eigenvalue weighted by Crippen LogP contribution is -2.32. The van der Waals surface area contributed by atoms with E-state index in [-0.39, 0.29) is 13.1 Å². The second kappa shape index (κ2) is 5.85. The highest BCUT2D eigenvalue weighted by molar-refractivity contribution is 6.44. The van der Waals surface area contributed by atoms with Gasteiger partial charge in [-0.25, -0.2) is 9.69 Å². The van der Waals surface area contributed by atoms with Crippen LogP contribution in [0.15, 0.2) is 34.9 Å². The molecule has 1 saturated heterocycles. The number of rotatable bonds is 4. The van der Waals surface area contributed by atoms with Crippen molar-refractivity contribution in [2.75, 3.05) is 6.54 Å². The molecule has 0 saturated carbocycles. The Morgan fingerprint density at radius 3 is 2.35 bits per heavy atom. The normalized spacial score (nSPS) is 15.0. The van der Waals surface area contributed by atoms with Gasteiger partial charge in [0.15, 0.2) is 5.76 Å². The van der Waals surface area contributed by atoms with Gasteiger partial charge >= 0.3 is 17.8 Å². The zero-order valence-electron chi connectivity index (χ0n) is 12.2. The van der Waals surface area contributed by atoms with Gasteiger partial charge in [-0.3, -0.25) is 14.5 Å². The third-order valence-electron chi connectivity index (χ3n) is 3.46. The SMILES string of the molecule is CCN1C(=O)C(=O)N(Cc2cc(-c3ccc(Cl)cc3)no2)C1=O. The molecule has 7 nitrogen and oxygen atoms in total. The number of amides is 4. The number of hydrogen-bond donors (Lipinski definition) is 0. The number of aromatic nitrogens is 1. The van der Waals surface area contributed by atoms with Crippen LogP contribution in [0, 0.1) is 0 Å². The van der Waals surface area contributed by atoms with Crippen molar-refractivity contribution in [1.82, 2.24) is 15.0 Å². The van der Waals surface area contributed by atoms with E-state index < -0.39 is 17.8 Å². The van der Waals surface area contributed by atoms with Crippen molar-refractivity contribution in [1.29, 1.82) is 0 Å². The van der Waals surface area contributed by atoms with Gasteiger partial charge in [0.25, 0.3) is 0 Å². The van der Waals surface area contributed by atoms with E-state index in [1.807, 2.05) is 0 Å². The van der Waals surface area contributed by atoms with Gasteiger partial charge in [0.05, 0.1) is 6.54 Å². The van der Waals surface area contributed by atoms with Crippen molar-refractivity contribution in [2.24, 2.45) is 0 Å². The molecule has 0 bridgehead atoms. The summed E-state index contributed by atoms with van der Waals surface area (Å²) in [6, 6.07) is 7.96. The van der Waals surface area contributed by atoms with Gasteiger partial charge in [-0.1, -0.05) is 28.9 Å². The molecule has 1 aliphatic rings. The molecule has 0 N–H and O–H groups in total. The molecular weight excluding hydrogens is 322 g/mol. The Morgan fingerprint density at radius 1 is 1.09 bits per heavy atom. The summed E-state index contributed by atoms with van der Waals surface area (Å²) < 4.78 is 5.15. The lowest BCUT2D eigenvalue weighted by Gasteiger charge is -2.11. The number of hydrogen-bond acceptors (Lipinski definition) is 5. The first-order valence-electron chi connectivity index (χ1n) is 6.90. The third-order valence-corrected chi connectivity index (χ3v) is 3.72. The molecule has 1 aromatic carbocycles. The Bertz CT molecular complexity index is 784. The van der Waals surface area contributed by atoms with E-state index in [1.165, 1.54) is 0 Å². The minimum atomic E-state index is -0.860. The largest absolute Gasteiger partial charge is 0.359 e. The van der Waals surface area contributed by atoms with E-state index in [9.17, 15) is 14.4 Å². The molecule has 0 aliphatic carbocycles. The molecule has 0 unspecified atom stereocenters. The Morgan fingerprint density at radius 2 is 1.74 bits per heavy atom. The highest BCUT2D eigenvalue weighted by Crippen LogP contribution is 2.23. The average molecular weight is 334 g/mol. The van der Waals surface area contributed by atoms with Gasteiger partial charge < -0.3 is 4.52 Å². The van der Waals surface area contributed by atoms with Crippen molar-refractivity contribution in [3.05, 3.63) is 41.1 Å². The van der Waals surface area contributed by atoms with Crippen LogP contribution in [0.25, 0.3) is 11.3 Å². The summed E-state index contributed by atoms with van der Waals surface area (Å²) in [5.41, 5.74) is 1.34. The van der Waals surface area contributed by atoms with Crippen LogP contribution in [0.3, 0.4) is 0 Å². The van der Waals surface area contributed by atoms with Gasteiger partial charge in [-0.15, -0.1) is 0 Å². The Balaban J connectivity index is 1.79. The molecule has 0 radical (unpaired) electrons. The summed E-state index contributed by atoms with van der Waals surface area (Å²) in [7, 11) is 0. The lowest BCUT2D eigenvalue weighted by atomic mass is 10.1. The first-order valence-corrected chi connectivity index (χ1v) is 7.28. The van der Waals surface area contributed by atoms with Crippen molar-refractivity contribution >= 4 is 29.4 Å². The quantitative estimate of drug-likeness (QED) is 0.633. The minimum Gasteiger partial charge on any atom is -0.359 e. The van der Waals surface area contributed by atoms with E-state index in [0.29, 0.717) is 16.5 Å². The Labute approximate surface area is 136 Å². The number of likely N-dealkylation sites (N-methyl/N-ethyl adjacent to an activating group) is 1. The number of carbonyl (C=O) groups excluding carboxylic acids is 3. The van der Waals surface area contributed by atoms with Crippen LogP contribution in [0.1, 0.15) is 12.7 Å². The molecule has 23 heavy (non-hydrogen) atoms. The van der Waals surface area contributed by atoms with E-state index in [2.05, 4.69) is 5.16 Å². The van der Waals surface area contributed by atoms with Crippen LogP contribution < -0.4 is 0 Å². The third kappa shape index (κ3) is 2.70. The van der Waals surface area contributed by atoms with Crippen molar-refractivity contribution in [2.45, 2.75) is 13.5 Å². The highest BCUT2D eigenvalue weighted by Gasteiger charge is 2.43. The predicted molar refractivity (Wildman–Crippen MR) is 80.3 cm³/mol. The molecule has 1 fully saturated rings. The van der Waals surface area contributed by atoms with Gasteiger partial charge in [-0.05, 0) is 19.1 Å². The number of benzene rings is 1. The zero-order valence-corrected chi connectivity index (χ0v) is 12.9. The van der Waals surface area contributed by atoms with Crippen molar-refractivity contribution in [3.8, 4) is 11.3 Å². The second-order valence-electron chi connectivity index (χ2n) is 4.91. The van der Waals surface area contributed by atoms with E-state index >= 15 is 0 Å². The fourth-order valence-corrected chi connectivity index (χ4v) is 2.39. The monoisotopic (exact) mass is 333 g/mol. The van der Waals surface area contributed by atoms with Crippen molar-refractivity contribution < 1.29 is 18.9 Å². The Kier molecular flexibility index (Phi) is 3.87. The predicted octanol–water partition coefficient (Wildman–Crippen LogP) is 2.31. The molecule has 1 aliphatic heterocycles. The van der Waals surface area contributed by atoms with Crippen LogP contribution in [-0.2, 0) is 16.1 Å². The number of carbonyl (C=O) groups is 3. The summed E-state index contributed by atoms with van der Waals surface area (Å²) in [6.45, 7) is 1.63. The number of halogens is 1. The van der Waals surface area contributed by atoms with Gasteiger partial charge in [0.2, 0.25) is 0 Å². The summed E-state index contributed by atoms with van der Waals surface area (Å²) in [5.74, 6) is -1.38. The number of urea groups is 1. The second-order valence-corrected chi connectivity index (χ2v) is 5.35. The highest BCUT2D eigenvalue weighted by atomic mass is 35.5. The average Bonchev–Trinajstić information content (AvgIpc) is 3.08. The summed E-state index contributed by atoms with van der Waals surface area (Å²) in [5, 5.41) is 4.50. The first-order chi connectivity index (χ1) is 11.0. The van der Waals surface area contributed by atoms with Crippen LogP contribution in [-0.4, -0.2) is 39.3 Å². The summed E-state index contributed by atoms with van der Waals surface area (Å²) in [6.07, 6.45) is 0. The van der Waals surface area contributed by atoms with Gasteiger partial charge in [-0.2, -0.15) is 0 Å².